The van der Waals surface area contributed by atoms with Crippen LogP contribution in [-0.2, 0) is 16.1 Å². The van der Waals surface area contributed by atoms with Crippen LogP contribution in [0, 0.1) is 0 Å². The summed E-state index contributed by atoms with van der Waals surface area (Å²) in [5, 5.41) is 0. The van der Waals surface area contributed by atoms with E-state index in [1.54, 1.807) is 0 Å². The van der Waals surface area contributed by atoms with Crippen LogP contribution in [0.3, 0.4) is 0 Å². The lowest BCUT2D eigenvalue weighted by Crippen LogP contribution is -2.04. The van der Waals surface area contributed by atoms with Crippen LogP contribution in [0.1, 0.15) is 31.1 Å². The summed E-state index contributed by atoms with van der Waals surface area (Å²) in [7, 11) is 0. The Hall–Kier alpha value is -1.06. The van der Waals surface area contributed by atoms with Crippen molar-refractivity contribution in [2.24, 2.45) is 0 Å². The molecule has 0 saturated heterocycles. The molecule has 0 bridgehead atoms. The number of ether oxygens (including phenoxy) is 3. The molecule has 0 N–H and O–H groups in total. The summed E-state index contributed by atoms with van der Waals surface area (Å²) in [5.74, 6) is 0.881. The molecule has 1 aliphatic rings. The largest absolute Gasteiger partial charge is 0.467 e. The van der Waals surface area contributed by atoms with Crippen LogP contribution in [0.2, 0.25) is 0 Å². The van der Waals surface area contributed by atoms with Crippen LogP contribution in [0.4, 0.5) is 0 Å². The van der Waals surface area contributed by atoms with E-state index in [0.29, 0.717) is 20.0 Å². The van der Waals surface area contributed by atoms with E-state index in [2.05, 4.69) is 6.07 Å². The zero-order valence-electron chi connectivity index (χ0n) is 9.16. The minimum absolute atomic E-state index is 0.123. The highest BCUT2D eigenvalue weighted by molar-refractivity contribution is 5.43. The van der Waals surface area contributed by atoms with Gasteiger partial charge in [-0.2, -0.15) is 0 Å². The second kappa shape index (κ2) is 4.64. The van der Waals surface area contributed by atoms with E-state index < -0.39 is 0 Å². The first kappa shape index (κ1) is 10.5. The molecular formula is C12H16O3. The van der Waals surface area contributed by atoms with Gasteiger partial charge in [0.05, 0.1) is 12.7 Å². The molecule has 2 rings (SSSR count). The number of rotatable bonds is 4. The molecule has 1 heterocycles. The number of fused-ring (bicyclic) bond motifs is 1. The topological polar surface area (TPSA) is 27.7 Å². The van der Waals surface area contributed by atoms with Gasteiger partial charge in [-0.15, -0.1) is 0 Å². The molecule has 1 unspecified atom stereocenters. The fourth-order valence-electron chi connectivity index (χ4n) is 1.79. The van der Waals surface area contributed by atoms with Crippen LogP contribution in [0.25, 0.3) is 0 Å². The van der Waals surface area contributed by atoms with Crippen molar-refractivity contribution in [2.45, 2.75) is 26.6 Å². The van der Waals surface area contributed by atoms with Gasteiger partial charge in [-0.3, -0.25) is 0 Å². The molecule has 0 fully saturated rings. The quantitative estimate of drug-likeness (QED) is 0.562. The van der Waals surface area contributed by atoms with E-state index in [4.69, 9.17) is 14.2 Å². The Balaban J connectivity index is 2.14. The van der Waals surface area contributed by atoms with Crippen molar-refractivity contribution in [3.8, 4) is 5.75 Å². The summed E-state index contributed by atoms with van der Waals surface area (Å²) >= 11 is 0. The maximum absolute atomic E-state index is 5.56. The molecule has 0 aromatic heterocycles. The van der Waals surface area contributed by atoms with Crippen molar-refractivity contribution in [2.75, 3.05) is 13.4 Å². The predicted octanol–water partition coefficient (Wildman–Crippen LogP) is 2.65. The summed E-state index contributed by atoms with van der Waals surface area (Å²) in [6.07, 6.45) is 0.123. The molecule has 1 aromatic rings. The highest BCUT2D eigenvalue weighted by Gasteiger charge is 2.22. The van der Waals surface area contributed by atoms with Crippen molar-refractivity contribution in [1.82, 2.24) is 0 Å². The van der Waals surface area contributed by atoms with E-state index in [1.807, 2.05) is 26.0 Å². The minimum Gasteiger partial charge on any atom is -0.467 e. The summed E-state index contributed by atoms with van der Waals surface area (Å²) in [6, 6.07) is 6.02. The van der Waals surface area contributed by atoms with E-state index in [-0.39, 0.29) is 6.10 Å². The van der Waals surface area contributed by atoms with E-state index >= 15 is 0 Å². The van der Waals surface area contributed by atoms with Gasteiger partial charge in [-0.1, -0.05) is 12.1 Å². The van der Waals surface area contributed by atoms with E-state index in [9.17, 15) is 0 Å². The van der Waals surface area contributed by atoms with Gasteiger partial charge in [0.25, 0.3) is 0 Å². The lowest BCUT2D eigenvalue weighted by atomic mass is 10.1. The molecule has 82 valence electrons. The molecule has 0 radical (unpaired) electrons. The first-order valence-corrected chi connectivity index (χ1v) is 5.27. The van der Waals surface area contributed by atoms with E-state index in [1.165, 1.54) is 5.56 Å². The molecule has 1 atom stereocenters. The third-order valence-electron chi connectivity index (χ3n) is 2.55. The Morgan fingerprint density at radius 2 is 2.33 bits per heavy atom. The summed E-state index contributed by atoms with van der Waals surface area (Å²) in [6.45, 7) is 5.65. The van der Waals surface area contributed by atoms with Crippen molar-refractivity contribution >= 4 is 0 Å². The lowest BCUT2D eigenvalue weighted by molar-refractivity contribution is 0.0197. The van der Waals surface area contributed by atoms with Gasteiger partial charge in [0.15, 0.2) is 6.79 Å². The van der Waals surface area contributed by atoms with Crippen LogP contribution in [0.5, 0.6) is 5.75 Å². The Labute approximate surface area is 90.0 Å². The van der Waals surface area contributed by atoms with E-state index in [0.717, 1.165) is 11.3 Å². The predicted molar refractivity (Wildman–Crippen MR) is 56.8 cm³/mol. The van der Waals surface area contributed by atoms with Crippen LogP contribution in [-0.4, -0.2) is 13.4 Å². The standard InChI is InChI=1S/C12H16O3/c1-3-13-8-15-11-6-4-5-10-7-14-9(2)12(10)11/h4-6,9H,3,7-8H2,1-2H3. The average molecular weight is 208 g/mol. The first-order chi connectivity index (χ1) is 7.33. The SMILES string of the molecule is CCOCOc1cccc2c1C(C)OC2. The molecule has 0 amide bonds. The minimum atomic E-state index is 0.123. The Bertz CT molecular complexity index is 336. The molecular weight excluding hydrogens is 192 g/mol. The molecule has 3 nitrogen and oxygen atoms in total. The monoisotopic (exact) mass is 208 g/mol. The van der Waals surface area contributed by atoms with Gasteiger partial charge < -0.3 is 14.2 Å². The smallest absolute Gasteiger partial charge is 0.189 e. The van der Waals surface area contributed by atoms with Crippen molar-refractivity contribution in [3.05, 3.63) is 29.3 Å². The van der Waals surface area contributed by atoms with Crippen LogP contribution >= 0.6 is 0 Å². The van der Waals surface area contributed by atoms with Gasteiger partial charge in [-0.25, -0.2) is 0 Å². The van der Waals surface area contributed by atoms with Crippen molar-refractivity contribution < 1.29 is 14.2 Å². The number of benzene rings is 1. The molecule has 0 spiro atoms. The Morgan fingerprint density at radius 1 is 1.47 bits per heavy atom. The molecule has 3 heteroatoms. The zero-order chi connectivity index (χ0) is 10.7. The van der Waals surface area contributed by atoms with Gasteiger partial charge in [0, 0.05) is 12.2 Å². The average Bonchev–Trinajstić information content (AvgIpc) is 2.62. The molecule has 0 saturated carbocycles. The lowest BCUT2D eigenvalue weighted by Gasteiger charge is -2.12. The first-order valence-electron chi connectivity index (χ1n) is 5.27. The molecule has 1 aromatic carbocycles. The van der Waals surface area contributed by atoms with Crippen LogP contribution in [0.15, 0.2) is 18.2 Å². The summed E-state index contributed by atoms with van der Waals surface area (Å²) < 4.78 is 16.3. The van der Waals surface area contributed by atoms with Gasteiger partial charge >= 0.3 is 0 Å². The number of hydrogen-bond donors (Lipinski definition) is 0. The normalized spacial score (nSPS) is 18.9. The maximum Gasteiger partial charge on any atom is 0.189 e. The zero-order valence-corrected chi connectivity index (χ0v) is 9.16. The number of hydrogen-bond acceptors (Lipinski definition) is 3. The highest BCUT2D eigenvalue weighted by atomic mass is 16.7. The highest BCUT2D eigenvalue weighted by Crippen LogP contribution is 2.36. The third kappa shape index (κ3) is 2.13. The molecule has 15 heavy (non-hydrogen) atoms. The Morgan fingerprint density at radius 3 is 3.13 bits per heavy atom. The third-order valence-corrected chi connectivity index (χ3v) is 2.55. The van der Waals surface area contributed by atoms with Gasteiger partial charge in [0.1, 0.15) is 5.75 Å². The van der Waals surface area contributed by atoms with Gasteiger partial charge in [-0.05, 0) is 25.5 Å². The second-order valence-corrected chi connectivity index (χ2v) is 3.54. The van der Waals surface area contributed by atoms with Crippen molar-refractivity contribution in [3.63, 3.8) is 0 Å². The Kier molecular flexibility index (Phi) is 3.23. The summed E-state index contributed by atoms with van der Waals surface area (Å²) in [4.78, 5) is 0. The van der Waals surface area contributed by atoms with Crippen molar-refractivity contribution in [1.29, 1.82) is 0 Å². The summed E-state index contributed by atoms with van der Waals surface area (Å²) in [5.41, 5.74) is 2.38. The molecule has 0 aliphatic carbocycles. The van der Waals surface area contributed by atoms with Crippen LogP contribution < -0.4 is 4.74 Å². The molecule has 1 aliphatic heterocycles. The fraction of sp³-hybridized carbons (Fsp3) is 0.500. The maximum atomic E-state index is 5.56. The second-order valence-electron chi connectivity index (χ2n) is 3.54. The van der Waals surface area contributed by atoms with Gasteiger partial charge in [0.2, 0.25) is 0 Å². The fourth-order valence-corrected chi connectivity index (χ4v) is 1.79.